The molecule has 156 valence electrons. The molecule has 1 atom stereocenters. The number of piperazine rings is 1. The third kappa shape index (κ3) is 6.91. The number of carbonyl (C=O) groups excluding carboxylic acids is 2. The lowest BCUT2D eigenvalue weighted by molar-refractivity contribution is -0.125. The molecule has 6 nitrogen and oxygen atoms in total. The van der Waals surface area contributed by atoms with Crippen LogP contribution in [0.2, 0.25) is 0 Å². The predicted molar refractivity (Wildman–Crippen MR) is 113 cm³/mol. The number of nitrogens with zero attached hydrogens (tertiary/aromatic N) is 2. The molecule has 1 aliphatic heterocycles. The van der Waals surface area contributed by atoms with E-state index in [4.69, 9.17) is 0 Å². The molecular formula is C22H36N4O2. The number of hydrogen-bond acceptors (Lipinski definition) is 4. The van der Waals surface area contributed by atoms with Gasteiger partial charge in [-0.3, -0.25) is 19.9 Å². The molecule has 3 amide bonds. The van der Waals surface area contributed by atoms with Crippen molar-refractivity contribution in [2.75, 3.05) is 26.2 Å². The van der Waals surface area contributed by atoms with Crippen molar-refractivity contribution in [1.82, 2.24) is 20.4 Å². The van der Waals surface area contributed by atoms with Gasteiger partial charge in [0, 0.05) is 38.3 Å². The van der Waals surface area contributed by atoms with Crippen LogP contribution in [0.25, 0.3) is 0 Å². The van der Waals surface area contributed by atoms with E-state index in [-0.39, 0.29) is 17.5 Å². The number of imide groups is 1. The molecule has 0 bridgehead atoms. The van der Waals surface area contributed by atoms with Gasteiger partial charge in [0.2, 0.25) is 5.91 Å². The van der Waals surface area contributed by atoms with E-state index in [1.165, 1.54) is 11.1 Å². The third-order valence-corrected chi connectivity index (χ3v) is 5.11. The molecule has 1 unspecified atom stereocenters. The van der Waals surface area contributed by atoms with Gasteiger partial charge in [0.15, 0.2) is 0 Å². The maximum absolute atomic E-state index is 12.4. The van der Waals surface area contributed by atoms with Crippen LogP contribution < -0.4 is 10.6 Å². The number of carbonyl (C=O) groups is 2. The monoisotopic (exact) mass is 388 g/mol. The summed E-state index contributed by atoms with van der Waals surface area (Å²) < 4.78 is 0. The first-order chi connectivity index (χ1) is 13.0. The lowest BCUT2D eigenvalue weighted by Gasteiger charge is -2.37. The fraction of sp³-hybridized carbons (Fsp3) is 0.636. The molecule has 0 aromatic heterocycles. The maximum Gasteiger partial charge on any atom is 0.321 e. The topological polar surface area (TPSA) is 64.7 Å². The molecule has 6 heteroatoms. The van der Waals surface area contributed by atoms with Crippen molar-refractivity contribution in [2.24, 2.45) is 0 Å². The van der Waals surface area contributed by atoms with Crippen LogP contribution in [-0.4, -0.2) is 59.5 Å². The van der Waals surface area contributed by atoms with Gasteiger partial charge in [-0.15, -0.1) is 0 Å². The van der Waals surface area contributed by atoms with E-state index in [1.54, 1.807) is 0 Å². The number of rotatable bonds is 5. The number of hydrogen-bond donors (Lipinski definition) is 2. The van der Waals surface area contributed by atoms with Crippen LogP contribution in [0, 0.1) is 0 Å². The normalized spacial score (nSPS) is 17.4. The lowest BCUT2D eigenvalue weighted by Crippen LogP contribution is -2.56. The van der Waals surface area contributed by atoms with Crippen molar-refractivity contribution in [3.8, 4) is 0 Å². The Morgan fingerprint density at radius 3 is 2.07 bits per heavy atom. The number of nitrogens with one attached hydrogen (secondary N) is 2. The molecule has 28 heavy (non-hydrogen) atoms. The summed E-state index contributed by atoms with van der Waals surface area (Å²) in [6, 6.07) is 8.10. The van der Waals surface area contributed by atoms with Gasteiger partial charge in [0.25, 0.3) is 0 Å². The maximum atomic E-state index is 12.4. The Morgan fingerprint density at radius 1 is 1.00 bits per heavy atom. The highest BCUT2D eigenvalue weighted by molar-refractivity contribution is 5.97. The Labute approximate surface area is 169 Å². The molecule has 0 saturated carbocycles. The minimum atomic E-state index is -0.437. The number of benzene rings is 1. The zero-order valence-electron chi connectivity index (χ0n) is 18.2. The Bertz CT molecular complexity index is 656. The van der Waals surface area contributed by atoms with Crippen molar-refractivity contribution >= 4 is 11.9 Å². The molecule has 0 spiro atoms. The van der Waals surface area contributed by atoms with Crippen molar-refractivity contribution in [3.05, 3.63) is 35.4 Å². The minimum absolute atomic E-state index is 0.250. The lowest BCUT2D eigenvalue weighted by atomic mass is 10.0. The van der Waals surface area contributed by atoms with Gasteiger partial charge < -0.3 is 5.32 Å². The van der Waals surface area contributed by atoms with Crippen LogP contribution >= 0.6 is 0 Å². The second-order valence-corrected chi connectivity index (χ2v) is 9.08. The molecule has 2 rings (SSSR count). The zero-order chi connectivity index (χ0) is 20.9. The number of urea groups is 1. The van der Waals surface area contributed by atoms with Crippen molar-refractivity contribution < 1.29 is 9.59 Å². The summed E-state index contributed by atoms with van der Waals surface area (Å²) in [5.41, 5.74) is 2.32. The summed E-state index contributed by atoms with van der Waals surface area (Å²) in [5, 5.41) is 5.21. The van der Waals surface area contributed by atoms with E-state index in [1.807, 2.05) is 27.7 Å². The van der Waals surface area contributed by atoms with Gasteiger partial charge in [-0.05, 0) is 44.7 Å². The van der Waals surface area contributed by atoms with Gasteiger partial charge in [0.1, 0.15) is 0 Å². The highest BCUT2D eigenvalue weighted by Crippen LogP contribution is 2.16. The minimum Gasteiger partial charge on any atom is -0.333 e. The summed E-state index contributed by atoms with van der Waals surface area (Å²) in [6.07, 6.45) is 0. The van der Waals surface area contributed by atoms with Crippen LogP contribution in [0.4, 0.5) is 4.79 Å². The van der Waals surface area contributed by atoms with E-state index < -0.39 is 6.03 Å². The van der Waals surface area contributed by atoms with Gasteiger partial charge in [-0.25, -0.2) is 4.79 Å². The van der Waals surface area contributed by atoms with Crippen molar-refractivity contribution in [3.63, 3.8) is 0 Å². The largest absolute Gasteiger partial charge is 0.333 e. The standard InChI is InChI=1S/C22H36N4O2/c1-16(2)19-9-7-18(8-10-19)15-25-11-13-26(14-12-25)17(3)20(27)23-21(28)24-22(4,5)6/h7-10,16-17H,11-15H2,1-6H3,(H2,23,24,27,28). The Kier molecular flexibility index (Phi) is 7.61. The van der Waals surface area contributed by atoms with Crippen LogP contribution in [-0.2, 0) is 11.3 Å². The van der Waals surface area contributed by atoms with E-state index in [9.17, 15) is 9.59 Å². The first kappa shape index (κ1) is 22.4. The molecule has 1 aromatic rings. The van der Waals surface area contributed by atoms with Gasteiger partial charge in [-0.2, -0.15) is 0 Å². The second-order valence-electron chi connectivity index (χ2n) is 9.08. The molecule has 1 aliphatic rings. The average Bonchev–Trinajstić information content (AvgIpc) is 2.60. The van der Waals surface area contributed by atoms with E-state index in [0.29, 0.717) is 5.92 Å². The Morgan fingerprint density at radius 2 is 1.57 bits per heavy atom. The zero-order valence-corrected chi connectivity index (χ0v) is 18.2. The summed E-state index contributed by atoms with van der Waals surface area (Å²) in [6.45, 7) is 16.3. The first-order valence-corrected chi connectivity index (χ1v) is 10.2. The molecule has 1 heterocycles. The van der Waals surface area contributed by atoms with Gasteiger partial charge >= 0.3 is 6.03 Å². The molecule has 1 aromatic carbocycles. The van der Waals surface area contributed by atoms with Crippen LogP contribution in [0.1, 0.15) is 58.6 Å². The fourth-order valence-electron chi connectivity index (χ4n) is 3.33. The predicted octanol–water partition coefficient (Wildman–Crippen LogP) is 2.94. The highest BCUT2D eigenvalue weighted by atomic mass is 16.2. The van der Waals surface area contributed by atoms with Crippen molar-refractivity contribution in [1.29, 1.82) is 0 Å². The molecule has 0 radical (unpaired) electrons. The van der Waals surface area contributed by atoms with Gasteiger partial charge in [0.05, 0.1) is 6.04 Å². The van der Waals surface area contributed by atoms with Crippen LogP contribution in [0.5, 0.6) is 0 Å². The fourth-order valence-corrected chi connectivity index (χ4v) is 3.33. The smallest absolute Gasteiger partial charge is 0.321 e. The highest BCUT2D eigenvalue weighted by Gasteiger charge is 2.27. The Balaban J connectivity index is 1.79. The van der Waals surface area contributed by atoms with Gasteiger partial charge in [-0.1, -0.05) is 38.1 Å². The quantitative estimate of drug-likeness (QED) is 0.814. The van der Waals surface area contributed by atoms with Crippen LogP contribution in [0.15, 0.2) is 24.3 Å². The van der Waals surface area contributed by atoms with E-state index in [2.05, 4.69) is 58.5 Å². The summed E-state index contributed by atoms with van der Waals surface area (Å²) >= 11 is 0. The third-order valence-electron chi connectivity index (χ3n) is 5.11. The van der Waals surface area contributed by atoms with Crippen molar-refractivity contribution in [2.45, 2.75) is 65.6 Å². The van der Waals surface area contributed by atoms with Crippen LogP contribution in [0.3, 0.4) is 0 Å². The first-order valence-electron chi connectivity index (χ1n) is 10.2. The van der Waals surface area contributed by atoms with E-state index >= 15 is 0 Å². The molecule has 1 saturated heterocycles. The number of amides is 3. The molecular weight excluding hydrogens is 352 g/mol. The molecule has 0 aliphatic carbocycles. The molecule has 2 N–H and O–H groups in total. The average molecular weight is 389 g/mol. The summed E-state index contributed by atoms with van der Waals surface area (Å²) in [4.78, 5) is 28.8. The molecule has 1 fully saturated rings. The summed E-state index contributed by atoms with van der Waals surface area (Å²) in [5.74, 6) is 0.301. The second kappa shape index (κ2) is 9.52. The SMILES string of the molecule is CC(C)c1ccc(CN2CCN(C(C)C(=O)NC(=O)NC(C)(C)C)CC2)cc1. The van der Waals surface area contributed by atoms with E-state index in [0.717, 1.165) is 32.7 Å². The Hall–Kier alpha value is -1.92. The summed E-state index contributed by atoms with van der Waals surface area (Å²) in [7, 11) is 0.